The number of hydrogen-bond donors (Lipinski definition) is 0. The van der Waals surface area contributed by atoms with E-state index < -0.39 is 5.82 Å². The molecule has 0 bridgehead atoms. The maximum atomic E-state index is 14.8. The monoisotopic (exact) mass is 595 g/mol. The standard InChI is InChI=1S/C33H30FN5O3S/c1-3-5-9-18-42-26-15-12-22(13-16-26)31-35-33-39(37-31)32(40)29(43-33)20-24-21-38(25-10-7-6-8-11-25)36-30(24)23-14-17-28(41-4-2)27(34)19-23/h6-8,10-17,19-21H,3-5,9,18H2,1-2H3. The number of rotatable bonds is 11. The van der Waals surface area contributed by atoms with Crippen LogP contribution < -0.4 is 19.6 Å². The third-order valence-corrected chi connectivity index (χ3v) is 7.83. The van der Waals surface area contributed by atoms with Gasteiger partial charge >= 0.3 is 0 Å². The van der Waals surface area contributed by atoms with Crippen LogP contribution in [0.3, 0.4) is 0 Å². The lowest BCUT2D eigenvalue weighted by Crippen LogP contribution is -2.23. The van der Waals surface area contributed by atoms with Gasteiger partial charge in [-0.05, 0) is 74.0 Å². The molecule has 0 radical (unpaired) electrons. The second kappa shape index (κ2) is 12.6. The van der Waals surface area contributed by atoms with Gasteiger partial charge in [0.05, 0.1) is 23.4 Å². The zero-order valence-corrected chi connectivity index (χ0v) is 24.7. The van der Waals surface area contributed by atoms with E-state index in [4.69, 9.17) is 14.6 Å². The van der Waals surface area contributed by atoms with E-state index in [1.807, 2.05) is 60.8 Å². The van der Waals surface area contributed by atoms with Crippen LogP contribution in [0.15, 0.2) is 83.8 Å². The highest BCUT2D eigenvalue weighted by Crippen LogP contribution is 2.29. The van der Waals surface area contributed by atoms with Crippen molar-refractivity contribution in [1.82, 2.24) is 24.4 Å². The van der Waals surface area contributed by atoms with Crippen LogP contribution in [0, 0.1) is 5.82 Å². The number of unbranched alkanes of at least 4 members (excludes halogenated alkanes) is 2. The molecule has 0 aliphatic heterocycles. The minimum absolute atomic E-state index is 0.177. The van der Waals surface area contributed by atoms with Crippen molar-refractivity contribution in [2.45, 2.75) is 33.1 Å². The van der Waals surface area contributed by atoms with E-state index in [1.54, 1.807) is 29.8 Å². The van der Waals surface area contributed by atoms with Gasteiger partial charge in [-0.25, -0.2) is 9.07 Å². The molecule has 6 rings (SSSR count). The Kier molecular flexibility index (Phi) is 8.28. The Labute approximate surface area is 251 Å². The molecule has 0 saturated heterocycles. The molecule has 43 heavy (non-hydrogen) atoms. The molecular weight excluding hydrogens is 565 g/mol. The molecule has 0 atom stereocenters. The summed E-state index contributed by atoms with van der Waals surface area (Å²) in [6.45, 7) is 5.01. The van der Waals surface area contributed by atoms with E-state index in [-0.39, 0.29) is 11.3 Å². The summed E-state index contributed by atoms with van der Waals surface area (Å²) in [5.74, 6) is 0.958. The summed E-state index contributed by atoms with van der Waals surface area (Å²) in [5, 5.41) is 9.25. The number of ether oxygens (including phenoxy) is 2. The van der Waals surface area contributed by atoms with Crippen LogP contribution >= 0.6 is 11.3 Å². The Morgan fingerprint density at radius 1 is 0.930 bits per heavy atom. The number of thiazole rings is 1. The van der Waals surface area contributed by atoms with E-state index in [1.165, 1.54) is 21.9 Å². The van der Waals surface area contributed by atoms with E-state index in [2.05, 4.69) is 17.0 Å². The molecule has 8 nitrogen and oxygen atoms in total. The van der Waals surface area contributed by atoms with Crippen molar-refractivity contribution >= 4 is 22.4 Å². The van der Waals surface area contributed by atoms with E-state index >= 15 is 0 Å². The first-order valence-electron chi connectivity index (χ1n) is 14.3. The van der Waals surface area contributed by atoms with Crippen molar-refractivity contribution in [1.29, 1.82) is 0 Å². The van der Waals surface area contributed by atoms with Crippen LogP contribution in [-0.4, -0.2) is 37.6 Å². The molecule has 0 aliphatic carbocycles. The molecule has 0 spiro atoms. The number of halogens is 1. The molecule has 3 heterocycles. The summed E-state index contributed by atoms with van der Waals surface area (Å²) in [4.78, 5) is 18.5. The first-order valence-corrected chi connectivity index (χ1v) is 15.1. The average Bonchev–Trinajstić information content (AvgIpc) is 3.72. The molecule has 10 heteroatoms. The SMILES string of the molecule is CCCCCOc1ccc(-c2nc3sc(=Cc4cn(-c5ccccc5)nc4-c4ccc(OCC)c(F)c4)c(=O)n3n2)cc1. The quantitative estimate of drug-likeness (QED) is 0.163. The lowest BCUT2D eigenvalue weighted by Gasteiger charge is -2.06. The molecule has 6 aromatic rings. The number of hydrogen-bond acceptors (Lipinski definition) is 7. The highest BCUT2D eigenvalue weighted by molar-refractivity contribution is 7.15. The van der Waals surface area contributed by atoms with Gasteiger partial charge in [0.1, 0.15) is 11.4 Å². The van der Waals surface area contributed by atoms with Gasteiger partial charge in [0, 0.05) is 22.9 Å². The van der Waals surface area contributed by atoms with E-state index in [0.717, 1.165) is 36.3 Å². The number of nitrogens with zero attached hydrogens (tertiary/aromatic N) is 5. The van der Waals surface area contributed by atoms with Gasteiger partial charge in [-0.15, -0.1) is 5.10 Å². The zero-order valence-electron chi connectivity index (χ0n) is 23.9. The average molecular weight is 596 g/mol. The molecular formula is C33H30FN5O3S. The molecule has 0 unspecified atom stereocenters. The molecule has 0 fully saturated rings. The maximum absolute atomic E-state index is 14.8. The minimum Gasteiger partial charge on any atom is -0.494 e. The third-order valence-electron chi connectivity index (χ3n) is 6.87. The van der Waals surface area contributed by atoms with Crippen molar-refractivity contribution in [2.24, 2.45) is 0 Å². The van der Waals surface area contributed by atoms with Gasteiger partial charge < -0.3 is 9.47 Å². The summed E-state index contributed by atoms with van der Waals surface area (Å²) in [6, 6.07) is 21.9. The molecule has 0 aliphatic rings. The van der Waals surface area contributed by atoms with Crippen LogP contribution in [0.4, 0.5) is 4.39 Å². The van der Waals surface area contributed by atoms with Crippen LogP contribution in [0.25, 0.3) is 39.4 Å². The molecule has 3 aromatic carbocycles. The van der Waals surface area contributed by atoms with Gasteiger partial charge in [-0.1, -0.05) is 49.3 Å². The highest BCUT2D eigenvalue weighted by atomic mass is 32.1. The van der Waals surface area contributed by atoms with Gasteiger partial charge in [-0.2, -0.15) is 14.6 Å². The van der Waals surface area contributed by atoms with Crippen molar-refractivity contribution in [3.05, 3.63) is 105 Å². The topological polar surface area (TPSA) is 83.5 Å². The van der Waals surface area contributed by atoms with Crippen molar-refractivity contribution in [2.75, 3.05) is 13.2 Å². The summed E-state index contributed by atoms with van der Waals surface area (Å²) >= 11 is 1.24. The Morgan fingerprint density at radius 2 is 1.72 bits per heavy atom. The third kappa shape index (κ3) is 6.05. The largest absolute Gasteiger partial charge is 0.494 e. The second-order valence-electron chi connectivity index (χ2n) is 9.92. The smallest absolute Gasteiger partial charge is 0.291 e. The molecule has 218 valence electrons. The van der Waals surface area contributed by atoms with Crippen molar-refractivity contribution in [3.63, 3.8) is 0 Å². The molecule has 0 amide bonds. The van der Waals surface area contributed by atoms with Crippen molar-refractivity contribution < 1.29 is 13.9 Å². The van der Waals surface area contributed by atoms with Gasteiger partial charge in [0.25, 0.3) is 5.56 Å². The van der Waals surface area contributed by atoms with Crippen molar-refractivity contribution in [3.8, 4) is 39.8 Å². The minimum atomic E-state index is -0.480. The lowest BCUT2D eigenvalue weighted by atomic mass is 10.1. The summed E-state index contributed by atoms with van der Waals surface area (Å²) < 4.78 is 29.5. The van der Waals surface area contributed by atoms with E-state index in [0.29, 0.717) is 45.4 Å². The Bertz CT molecular complexity index is 1970. The lowest BCUT2D eigenvalue weighted by molar-refractivity contribution is 0.306. The molecule has 0 N–H and O–H groups in total. The number of aromatic nitrogens is 5. The number of para-hydroxylation sites is 1. The first-order chi connectivity index (χ1) is 21.0. The van der Waals surface area contributed by atoms with Gasteiger partial charge in [0.15, 0.2) is 17.4 Å². The predicted molar refractivity (Wildman–Crippen MR) is 167 cm³/mol. The second-order valence-corrected chi connectivity index (χ2v) is 10.9. The van der Waals surface area contributed by atoms with Gasteiger partial charge in [0.2, 0.25) is 4.96 Å². The van der Waals surface area contributed by atoms with Crippen LogP contribution in [-0.2, 0) is 0 Å². The number of benzene rings is 3. The molecule has 0 saturated carbocycles. The zero-order chi connectivity index (χ0) is 29.8. The Morgan fingerprint density at radius 3 is 2.44 bits per heavy atom. The summed E-state index contributed by atoms with van der Waals surface area (Å²) in [6.07, 6.45) is 6.89. The normalized spacial score (nSPS) is 11.8. The number of fused-ring (bicyclic) bond motifs is 1. The summed E-state index contributed by atoms with van der Waals surface area (Å²) in [7, 11) is 0. The predicted octanol–water partition coefficient (Wildman–Crippen LogP) is 6.33. The summed E-state index contributed by atoms with van der Waals surface area (Å²) in [5.41, 5.74) is 3.10. The maximum Gasteiger partial charge on any atom is 0.291 e. The van der Waals surface area contributed by atoms with Crippen LogP contribution in [0.5, 0.6) is 11.5 Å². The van der Waals surface area contributed by atoms with Crippen LogP contribution in [0.1, 0.15) is 38.7 Å². The van der Waals surface area contributed by atoms with Gasteiger partial charge in [-0.3, -0.25) is 4.79 Å². The fourth-order valence-corrected chi connectivity index (χ4v) is 5.59. The highest BCUT2D eigenvalue weighted by Gasteiger charge is 2.16. The first kappa shape index (κ1) is 28.3. The van der Waals surface area contributed by atoms with E-state index in [9.17, 15) is 9.18 Å². The fraction of sp³-hybridized carbons (Fsp3) is 0.212. The van der Waals surface area contributed by atoms with Crippen LogP contribution in [0.2, 0.25) is 0 Å². The Hall–Kier alpha value is -4.83. The Balaban J connectivity index is 1.34. The molecule has 3 aromatic heterocycles. The fourth-order valence-electron chi connectivity index (χ4n) is 4.69.